The van der Waals surface area contributed by atoms with Gasteiger partial charge in [0.1, 0.15) is 6.10 Å². The summed E-state index contributed by atoms with van der Waals surface area (Å²) in [5.74, 6) is 1.62. The third-order valence-corrected chi connectivity index (χ3v) is 5.57. The van der Waals surface area contributed by atoms with Crippen molar-refractivity contribution in [3.05, 3.63) is 23.9 Å². The third-order valence-electron chi connectivity index (χ3n) is 5.57. The standard InChI is InChI=1S/C21H35N5O/c1-3-13-26-14-10-18(11-15-26)25-21(22-2)24-16-17-7-6-12-23-20(17)27-19-8-4-5-9-19/h6-7,12,18-19H,3-5,8-11,13-16H2,1-2H3,(H2,22,24,25). The number of guanidine groups is 1. The topological polar surface area (TPSA) is 61.8 Å². The molecule has 6 heteroatoms. The van der Waals surface area contributed by atoms with Crippen molar-refractivity contribution < 1.29 is 4.74 Å². The molecule has 2 fully saturated rings. The molecule has 1 aliphatic carbocycles. The Labute approximate surface area is 163 Å². The molecular weight excluding hydrogens is 338 g/mol. The molecule has 0 aromatic carbocycles. The molecule has 3 rings (SSSR count). The molecule has 0 atom stereocenters. The number of likely N-dealkylation sites (tertiary alicyclic amines) is 1. The van der Waals surface area contributed by atoms with Crippen LogP contribution in [0.15, 0.2) is 23.3 Å². The van der Waals surface area contributed by atoms with Crippen molar-refractivity contribution in [2.75, 3.05) is 26.7 Å². The molecule has 0 amide bonds. The lowest BCUT2D eigenvalue weighted by atomic mass is 10.1. The quantitative estimate of drug-likeness (QED) is 0.568. The van der Waals surface area contributed by atoms with Crippen LogP contribution < -0.4 is 15.4 Å². The van der Waals surface area contributed by atoms with Gasteiger partial charge in [-0.2, -0.15) is 0 Å². The average Bonchev–Trinajstić information content (AvgIpc) is 3.21. The van der Waals surface area contributed by atoms with E-state index in [1.165, 1.54) is 51.7 Å². The van der Waals surface area contributed by atoms with Crippen LogP contribution in [0.25, 0.3) is 0 Å². The summed E-state index contributed by atoms with van der Waals surface area (Å²) >= 11 is 0. The van der Waals surface area contributed by atoms with Crippen LogP contribution in [0.3, 0.4) is 0 Å². The van der Waals surface area contributed by atoms with E-state index in [2.05, 4.69) is 38.5 Å². The normalized spacial score (nSPS) is 20.0. The number of nitrogens with zero attached hydrogens (tertiary/aromatic N) is 3. The summed E-state index contributed by atoms with van der Waals surface area (Å²) in [4.78, 5) is 11.4. The number of hydrogen-bond acceptors (Lipinski definition) is 4. The highest BCUT2D eigenvalue weighted by Gasteiger charge is 2.20. The summed E-state index contributed by atoms with van der Waals surface area (Å²) in [6, 6.07) is 4.55. The number of pyridine rings is 1. The van der Waals surface area contributed by atoms with Crippen LogP contribution in [0.1, 0.15) is 57.4 Å². The zero-order valence-electron chi connectivity index (χ0n) is 16.9. The number of piperidine rings is 1. The predicted molar refractivity (Wildman–Crippen MR) is 110 cm³/mol. The third kappa shape index (κ3) is 6.09. The van der Waals surface area contributed by atoms with Gasteiger partial charge in [-0.05, 0) is 57.6 Å². The molecule has 150 valence electrons. The fourth-order valence-electron chi connectivity index (χ4n) is 4.01. The van der Waals surface area contributed by atoms with Gasteiger partial charge in [-0.25, -0.2) is 4.98 Å². The van der Waals surface area contributed by atoms with E-state index in [9.17, 15) is 0 Å². The summed E-state index contributed by atoms with van der Waals surface area (Å²) in [6.45, 7) is 6.48. The van der Waals surface area contributed by atoms with Gasteiger partial charge in [-0.1, -0.05) is 13.0 Å². The molecular formula is C21H35N5O. The number of hydrogen-bond donors (Lipinski definition) is 2. The second-order valence-electron chi connectivity index (χ2n) is 7.68. The van der Waals surface area contributed by atoms with E-state index in [-0.39, 0.29) is 0 Å². The van der Waals surface area contributed by atoms with Crippen LogP contribution in [0.5, 0.6) is 5.88 Å². The Kier molecular flexibility index (Phi) is 7.75. The first-order valence-electron chi connectivity index (χ1n) is 10.6. The van der Waals surface area contributed by atoms with Crippen molar-refractivity contribution in [2.24, 2.45) is 4.99 Å². The van der Waals surface area contributed by atoms with Gasteiger partial charge < -0.3 is 20.3 Å². The van der Waals surface area contributed by atoms with Crippen molar-refractivity contribution >= 4 is 5.96 Å². The molecule has 1 aliphatic heterocycles. The van der Waals surface area contributed by atoms with Crippen LogP contribution in [-0.4, -0.2) is 54.7 Å². The monoisotopic (exact) mass is 373 g/mol. The molecule has 1 aromatic heterocycles. The highest BCUT2D eigenvalue weighted by atomic mass is 16.5. The molecule has 1 saturated carbocycles. The first-order valence-corrected chi connectivity index (χ1v) is 10.6. The van der Waals surface area contributed by atoms with E-state index in [1.807, 2.05) is 19.3 Å². The van der Waals surface area contributed by atoms with Gasteiger partial charge in [0, 0.05) is 44.5 Å². The Morgan fingerprint density at radius 3 is 2.74 bits per heavy atom. The smallest absolute Gasteiger partial charge is 0.218 e. The Bertz CT molecular complexity index is 592. The Balaban J connectivity index is 1.48. The van der Waals surface area contributed by atoms with Crippen molar-refractivity contribution in [1.82, 2.24) is 20.5 Å². The average molecular weight is 374 g/mol. The first-order chi connectivity index (χ1) is 13.3. The molecule has 1 aromatic rings. The van der Waals surface area contributed by atoms with Crippen molar-refractivity contribution in [3.63, 3.8) is 0 Å². The lowest BCUT2D eigenvalue weighted by Gasteiger charge is -2.32. The Morgan fingerprint density at radius 1 is 1.26 bits per heavy atom. The SMILES string of the molecule is CCCN1CCC(NC(=NC)NCc2cccnc2OC2CCCC2)CC1. The minimum absolute atomic E-state index is 0.324. The van der Waals surface area contributed by atoms with E-state index >= 15 is 0 Å². The van der Waals surface area contributed by atoms with Crippen LogP contribution >= 0.6 is 0 Å². The lowest BCUT2D eigenvalue weighted by Crippen LogP contribution is -2.48. The molecule has 2 N–H and O–H groups in total. The molecule has 0 unspecified atom stereocenters. The number of aliphatic imine (C=N–C) groups is 1. The zero-order valence-corrected chi connectivity index (χ0v) is 16.9. The maximum Gasteiger partial charge on any atom is 0.218 e. The van der Waals surface area contributed by atoms with Gasteiger partial charge in [0.2, 0.25) is 5.88 Å². The van der Waals surface area contributed by atoms with Crippen molar-refractivity contribution in [3.8, 4) is 5.88 Å². The molecule has 6 nitrogen and oxygen atoms in total. The van der Waals surface area contributed by atoms with Crippen molar-refractivity contribution in [2.45, 2.75) is 70.6 Å². The maximum absolute atomic E-state index is 6.14. The summed E-state index contributed by atoms with van der Waals surface area (Å²) < 4.78 is 6.14. The van der Waals surface area contributed by atoms with Gasteiger partial charge in [0.05, 0.1) is 0 Å². The Morgan fingerprint density at radius 2 is 2.04 bits per heavy atom. The minimum Gasteiger partial charge on any atom is -0.474 e. The predicted octanol–water partition coefficient (Wildman–Crippen LogP) is 2.94. The van der Waals surface area contributed by atoms with E-state index in [1.54, 1.807) is 0 Å². The molecule has 27 heavy (non-hydrogen) atoms. The van der Waals surface area contributed by atoms with Gasteiger partial charge in [0.15, 0.2) is 5.96 Å². The van der Waals surface area contributed by atoms with E-state index in [4.69, 9.17) is 4.74 Å². The number of aromatic nitrogens is 1. The number of rotatable bonds is 7. The number of ether oxygens (including phenoxy) is 1. The minimum atomic E-state index is 0.324. The molecule has 2 heterocycles. The van der Waals surface area contributed by atoms with Crippen LogP contribution in [0.4, 0.5) is 0 Å². The number of nitrogens with one attached hydrogen (secondary N) is 2. The van der Waals surface area contributed by atoms with Gasteiger partial charge in [0.25, 0.3) is 0 Å². The van der Waals surface area contributed by atoms with Gasteiger partial charge in [-0.3, -0.25) is 4.99 Å². The molecule has 0 spiro atoms. The highest BCUT2D eigenvalue weighted by Crippen LogP contribution is 2.24. The summed E-state index contributed by atoms with van der Waals surface area (Å²) in [6.07, 6.45) is 10.5. The second-order valence-corrected chi connectivity index (χ2v) is 7.68. The van der Waals surface area contributed by atoms with Crippen molar-refractivity contribution in [1.29, 1.82) is 0 Å². The molecule has 2 aliphatic rings. The fraction of sp³-hybridized carbons (Fsp3) is 0.714. The van der Waals surface area contributed by atoms with Crippen LogP contribution in [0, 0.1) is 0 Å². The lowest BCUT2D eigenvalue weighted by molar-refractivity contribution is 0.199. The van der Waals surface area contributed by atoms with Crippen LogP contribution in [0.2, 0.25) is 0 Å². The van der Waals surface area contributed by atoms with E-state index in [0.717, 1.165) is 30.2 Å². The highest BCUT2D eigenvalue weighted by molar-refractivity contribution is 5.80. The summed E-state index contributed by atoms with van der Waals surface area (Å²) in [5, 5.41) is 7.02. The molecule has 1 saturated heterocycles. The largest absolute Gasteiger partial charge is 0.474 e. The Hall–Kier alpha value is -1.82. The zero-order chi connectivity index (χ0) is 18.9. The van der Waals surface area contributed by atoms with E-state index in [0.29, 0.717) is 18.7 Å². The maximum atomic E-state index is 6.14. The first kappa shape index (κ1) is 19.9. The summed E-state index contributed by atoms with van der Waals surface area (Å²) in [7, 11) is 1.83. The van der Waals surface area contributed by atoms with E-state index < -0.39 is 0 Å². The molecule has 0 radical (unpaired) electrons. The summed E-state index contributed by atoms with van der Waals surface area (Å²) in [5.41, 5.74) is 1.09. The second kappa shape index (κ2) is 10.5. The van der Waals surface area contributed by atoms with Crippen LogP contribution in [-0.2, 0) is 6.54 Å². The fourth-order valence-corrected chi connectivity index (χ4v) is 4.01. The molecule has 0 bridgehead atoms. The van der Waals surface area contributed by atoms with Gasteiger partial charge >= 0.3 is 0 Å². The van der Waals surface area contributed by atoms with Gasteiger partial charge in [-0.15, -0.1) is 0 Å².